The number of rotatable bonds is 7. The topological polar surface area (TPSA) is 18.5 Å². The minimum absolute atomic E-state index is 0.248. The van der Waals surface area contributed by atoms with E-state index in [1.165, 1.54) is 12.1 Å². The fourth-order valence-electron chi connectivity index (χ4n) is 1.19. The first-order valence-corrected chi connectivity index (χ1v) is 6.12. The summed E-state index contributed by atoms with van der Waals surface area (Å²) in [6.45, 7) is 4.47. The molecule has 0 aliphatic carbocycles. The Balaban J connectivity index is 2.21. The highest BCUT2D eigenvalue weighted by Gasteiger charge is 2.01. The van der Waals surface area contributed by atoms with Crippen molar-refractivity contribution in [3.63, 3.8) is 0 Å². The quantitative estimate of drug-likeness (QED) is 0.715. The first-order valence-electron chi connectivity index (χ1n) is 5.33. The normalized spacial score (nSPS) is 10.7. The molecular weight excluding hydrogens is 275 g/mol. The second-order valence-corrected chi connectivity index (χ2v) is 4.26. The van der Waals surface area contributed by atoms with Crippen molar-refractivity contribution in [2.75, 3.05) is 19.8 Å². The Labute approximate surface area is 104 Å². The highest BCUT2D eigenvalue weighted by atomic mass is 79.9. The molecule has 0 saturated carbocycles. The highest BCUT2D eigenvalue weighted by Crippen LogP contribution is 2.18. The van der Waals surface area contributed by atoms with Crippen LogP contribution in [0.25, 0.3) is 0 Å². The Morgan fingerprint density at radius 3 is 2.62 bits per heavy atom. The Hall–Kier alpha value is -0.450. The van der Waals surface area contributed by atoms with E-state index in [0.717, 1.165) is 23.1 Å². The summed E-state index contributed by atoms with van der Waals surface area (Å²) >= 11 is 3.29. The Bertz CT molecular complexity index is 318. The summed E-state index contributed by atoms with van der Waals surface area (Å²) in [6, 6.07) is 4.58. The summed E-state index contributed by atoms with van der Waals surface area (Å²) in [5.74, 6) is -0.248. The molecule has 0 radical (unpaired) electrons. The van der Waals surface area contributed by atoms with E-state index in [2.05, 4.69) is 22.9 Å². The maximum Gasteiger partial charge on any atom is 0.124 e. The summed E-state index contributed by atoms with van der Waals surface area (Å²) < 4.78 is 24.2. The van der Waals surface area contributed by atoms with Crippen molar-refractivity contribution >= 4 is 15.9 Å². The van der Waals surface area contributed by atoms with Gasteiger partial charge in [-0.2, -0.15) is 0 Å². The van der Waals surface area contributed by atoms with Crippen LogP contribution in [0.4, 0.5) is 4.39 Å². The van der Waals surface area contributed by atoms with Gasteiger partial charge < -0.3 is 9.47 Å². The van der Waals surface area contributed by atoms with Crippen molar-refractivity contribution in [2.24, 2.45) is 0 Å². The molecule has 0 aliphatic heterocycles. The van der Waals surface area contributed by atoms with Crippen LogP contribution in [0.15, 0.2) is 22.7 Å². The van der Waals surface area contributed by atoms with E-state index in [1.54, 1.807) is 6.07 Å². The summed E-state index contributed by atoms with van der Waals surface area (Å²) in [5.41, 5.74) is 0.942. The van der Waals surface area contributed by atoms with Crippen molar-refractivity contribution < 1.29 is 13.9 Å². The summed E-state index contributed by atoms with van der Waals surface area (Å²) in [7, 11) is 0. The van der Waals surface area contributed by atoms with Crippen LogP contribution in [0.2, 0.25) is 0 Å². The molecule has 0 N–H and O–H groups in total. The molecule has 0 heterocycles. The summed E-state index contributed by atoms with van der Waals surface area (Å²) in [5, 5.41) is 0. The van der Waals surface area contributed by atoms with Crippen molar-refractivity contribution in [1.82, 2.24) is 0 Å². The zero-order valence-corrected chi connectivity index (χ0v) is 10.9. The highest BCUT2D eigenvalue weighted by molar-refractivity contribution is 9.10. The van der Waals surface area contributed by atoms with E-state index >= 15 is 0 Å². The van der Waals surface area contributed by atoms with Gasteiger partial charge in [-0.1, -0.05) is 28.9 Å². The fraction of sp³-hybridized carbons (Fsp3) is 0.500. The van der Waals surface area contributed by atoms with Gasteiger partial charge in [-0.05, 0) is 24.1 Å². The van der Waals surface area contributed by atoms with E-state index in [4.69, 9.17) is 9.47 Å². The van der Waals surface area contributed by atoms with Gasteiger partial charge in [0.15, 0.2) is 0 Å². The molecule has 0 aliphatic rings. The monoisotopic (exact) mass is 290 g/mol. The van der Waals surface area contributed by atoms with Crippen molar-refractivity contribution in [1.29, 1.82) is 0 Å². The van der Waals surface area contributed by atoms with E-state index in [0.29, 0.717) is 19.8 Å². The zero-order chi connectivity index (χ0) is 11.8. The van der Waals surface area contributed by atoms with Gasteiger partial charge in [0.05, 0.1) is 19.8 Å². The van der Waals surface area contributed by atoms with Gasteiger partial charge in [0, 0.05) is 11.1 Å². The second-order valence-electron chi connectivity index (χ2n) is 3.40. The Kier molecular flexibility index (Phi) is 6.61. The molecule has 90 valence electrons. The lowest BCUT2D eigenvalue weighted by Gasteiger charge is -2.06. The maximum atomic E-state index is 12.8. The predicted octanol–water partition coefficient (Wildman–Crippen LogP) is 3.53. The minimum atomic E-state index is -0.248. The molecule has 1 rings (SSSR count). The lowest BCUT2D eigenvalue weighted by atomic mass is 10.2. The van der Waals surface area contributed by atoms with Gasteiger partial charge in [0.2, 0.25) is 0 Å². The maximum absolute atomic E-state index is 12.8. The van der Waals surface area contributed by atoms with Gasteiger partial charge in [-0.3, -0.25) is 0 Å². The Morgan fingerprint density at radius 2 is 1.94 bits per heavy atom. The fourth-order valence-corrected chi connectivity index (χ4v) is 1.65. The molecule has 0 atom stereocenters. The van der Waals surface area contributed by atoms with E-state index in [1.807, 2.05) is 0 Å². The first kappa shape index (κ1) is 13.6. The smallest absolute Gasteiger partial charge is 0.124 e. The molecule has 0 spiro atoms. The van der Waals surface area contributed by atoms with Gasteiger partial charge >= 0.3 is 0 Å². The number of hydrogen-bond donors (Lipinski definition) is 0. The average molecular weight is 291 g/mol. The molecule has 0 bridgehead atoms. The van der Waals surface area contributed by atoms with Crippen molar-refractivity contribution in [3.05, 3.63) is 34.1 Å². The zero-order valence-electron chi connectivity index (χ0n) is 9.34. The largest absolute Gasteiger partial charge is 0.379 e. The van der Waals surface area contributed by atoms with Crippen LogP contribution >= 0.6 is 15.9 Å². The predicted molar refractivity (Wildman–Crippen MR) is 64.9 cm³/mol. The van der Waals surface area contributed by atoms with Gasteiger partial charge in [-0.25, -0.2) is 4.39 Å². The molecule has 4 heteroatoms. The third-order valence-corrected chi connectivity index (χ3v) is 2.73. The number of halogens is 2. The van der Waals surface area contributed by atoms with Crippen LogP contribution in [0, 0.1) is 5.82 Å². The lowest BCUT2D eigenvalue weighted by Crippen LogP contribution is -2.05. The molecule has 1 aromatic carbocycles. The van der Waals surface area contributed by atoms with E-state index < -0.39 is 0 Å². The standard InChI is InChI=1S/C12H16BrFO2/c1-2-5-15-6-7-16-9-10-3-4-11(14)8-12(10)13/h3-4,8H,2,5-7,9H2,1H3. The number of benzene rings is 1. The minimum Gasteiger partial charge on any atom is -0.379 e. The van der Waals surface area contributed by atoms with Gasteiger partial charge in [-0.15, -0.1) is 0 Å². The van der Waals surface area contributed by atoms with Crippen molar-refractivity contribution in [2.45, 2.75) is 20.0 Å². The van der Waals surface area contributed by atoms with Gasteiger partial charge in [0.1, 0.15) is 5.82 Å². The van der Waals surface area contributed by atoms with E-state index in [9.17, 15) is 4.39 Å². The third-order valence-electron chi connectivity index (χ3n) is 1.99. The van der Waals surface area contributed by atoms with Crippen LogP contribution in [0.5, 0.6) is 0 Å². The molecule has 2 nitrogen and oxygen atoms in total. The number of ether oxygens (including phenoxy) is 2. The summed E-state index contributed by atoms with van der Waals surface area (Å²) in [4.78, 5) is 0. The molecular formula is C12H16BrFO2. The molecule has 0 aromatic heterocycles. The van der Waals surface area contributed by atoms with Crippen LogP contribution in [-0.4, -0.2) is 19.8 Å². The first-order chi connectivity index (χ1) is 7.74. The second kappa shape index (κ2) is 7.76. The molecule has 0 unspecified atom stereocenters. The Morgan fingerprint density at radius 1 is 1.19 bits per heavy atom. The lowest BCUT2D eigenvalue weighted by molar-refractivity contribution is 0.0406. The molecule has 0 amide bonds. The SMILES string of the molecule is CCCOCCOCc1ccc(F)cc1Br. The van der Waals surface area contributed by atoms with Crippen LogP contribution in [0.3, 0.4) is 0 Å². The van der Waals surface area contributed by atoms with E-state index in [-0.39, 0.29) is 5.82 Å². The molecule has 16 heavy (non-hydrogen) atoms. The molecule has 1 aromatic rings. The average Bonchev–Trinajstić information content (AvgIpc) is 2.26. The molecule has 0 saturated heterocycles. The van der Waals surface area contributed by atoms with Crippen LogP contribution in [-0.2, 0) is 16.1 Å². The summed E-state index contributed by atoms with van der Waals surface area (Å²) in [6.07, 6.45) is 1.02. The van der Waals surface area contributed by atoms with Crippen LogP contribution in [0.1, 0.15) is 18.9 Å². The number of hydrogen-bond acceptors (Lipinski definition) is 2. The molecule has 0 fully saturated rings. The van der Waals surface area contributed by atoms with Crippen LogP contribution < -0.4 is 0 Å². The van der Waals surface area contributed by atoms with Gasteiger partial charge in [0.25, 0.3) is 0 Å². The van der Waals surface area contributed by atoms with Crippen molar-refractivity contribution in [3.8, 4) is 0 Å². The third kappa shape index (κ3) is 5.05.